The summed E-state index contributed by atoms with van der Waals surface area (Å²) in [6.07, 6.45) is 25.9. The standard InChI is InChI=1S/C25H53BrN/c1-4-6-8-10-12-14-16-18-20-23-27(3,25-22-26)24-21-19-17-15-13-11-9-7-5-2/h4-25H2,1-3H3/q+1. The monoisotopic (exact) mass is 446 g/mol. The van der Waals surface area contributed by atoms with Gasteiger partial charge in [-0.15, -0.1) is 0 Å². The number of halogens is 1. The summed E-state index contributed by atoms with van der Waals surface area (Å²) in [5.41, 5.74) is 0. The zero-order valence-electron chi connectivity index (χ0n) is 19.4. The summed E-state index contributed by atoms with van der Waals surface area (Å²) < 4.78 is 1.29. The molecule has 0 aromatic rings. The molecular formula is C25H53BrN+. The number of hydrogen-bond acceptors (Lipinski definition) is 0. The molecule has 0 aliphatic heterocycles. The molecule has 0 aromatic heterocycles. The van der Waals surface area contributed by atoms with Crippen LogP contribution in [-0.4, -0.2) is 36.5 Å². The third kappa shape index (κ3) is 19.5. The van der Waals surface area contributed by atoms with Crippen LogP contribution in [0.3, 0.4) is 0 Å². The number of alkyl halides is 1. The molecule has 0 aromatic carbocycles. The summed E-state index contributed by atoms with van der Waals surface area (Å²) >= 11 is 3.70. The molecule has 1 nitrogen and oxygen atoms in total. The molecule has 0 aliphatic rings. The van der Waals surface area contributed by atoms with Gasteiger partial charge in [-0.25, -0.2) is 0 Å². The van der Waals surface area contributed by atoms with Gasteiger partial charge < -0.3 is 4.48 Å². The van der Waals surface area contributed by atoms with E-state index >= 15 is 0 Å². The molecule has 164 valence electrons. The van der Waals surface area contributed by atoms with Gasteiger partial charge in [0.05, 0.1) is 32.0 Å². The average Bonchev–Trinajstić information content (AvgIpc) is 2.66. The van der Waals surface area contributed by atoms with Crippen LogP contribution in [0.25, 0.3) is 0 Å². The number of hydrogen-bond donors (Lipinski definition) is 0. The Morgan fingerprint density at radius 1 is 0.444 bits per heavy atom. The highest BCUT2D eigenvalue weighted by Crippen LogP contribution is 2.15. The zero-order valence-corrected chi connectivity index (χ0v) is 21.0. The van der Waals surface area contributed by atoms with E-state index in [1.54, 1.807) is 0 Å². The average molecular weight is 448 g/mol. The Morgan fingerprint density at radius 3 is 1.04 bits per heavy atom. The van der Waals surface area contributed by atoms with Crippen molar-refractivity contribution in [3.05, 3.63) is 0 Å². The molecule has 0 unspecified atom stereocenters. The number of unbranched alkanes of at least 4 members (excludes halogenated alkanes) is 16. The second-order valence-corrected chi connectivity index (χ2v) is 9.93. The topological polar surface area (TPSA) is 0 Å². The van der Waals surface area contributed by atoms with Crippen LogP contribution >= 0.6 is 15.9 Å². The van der Waals surface area contributed by atoms with Crippen molar-refractivity contribution >= 4 is 15.9 Å². The second kappa shape index (κ2) is 21.2. The summed E-state index contributed by atoms with van der Waals surface area (Å²) in [5, 5.41) is 1.15. The second-order valence-electron chi connectivity index (χ2n) is 9.14. The minimum atomic E-state index is 1.15. The SMILES string of the molecule is CCCCCCCCCCC[N+](C)(CCBr)CCCCCCCCCCC. The fraction of sp³-hybridized carbons (Fsp3) is 1.00. The highest BCUT2D eigenvalue weighted by Gasteiger charge is 2.19. The van der Waals surface area contributed by atoms with E-state index < -0.39 is 0 Å². The van der Waals surface area contributed by atoms with E-state index in [9.17, 15) is 0 Å². The van der Waals surface area contributed by atoms with E-state index in [2.05, 4.69) is 36.8 Å². The van der Waals surface area contributed by atoms with Crippen molar-refractivity contribution in [2.75, 3.05) is 32.0 Å². The van der Waals surface area contributed by atoms with Crippen molar-refractivity contribution in [3.63, 3.8) is 0 Å². The lowest BCUT2D eigenvalue weighted by Crippen LogP contribution is -2.46. The van der Waals surface area contributed by atoms with E-state index in [4.69, 9.17) is 0 Å². The lowest BCUT2D eigenvalue weighted by molar-refractivity contribution is -0.907. The smallest absolute Gasteiger partial charge is 0.0883 e. The third-order valence-electron chi connectivity index (χ3n) is 6.23. The maximum Gasteiger partial charge on any atom is 0.0883 e. The summed E-state index contributed by atoms with van der Waals surface area (Å²) in [6, 6.07) is 0. The van der Waals surface area contributed by atoms with Gasteiger partial charge in [-0.2, -0.15) is 0 Å². The van der Waals surface area contributed by atoms with E-state index in [-0.39, 0.29) is 0 Å². The summed E-state index contributed by atoms with van der Waals surface area (Å²) in [5.74, 6) is 0. The Bertz CT molecular complexity index is 257. The Balaban J connectivity index is 3.63. The molecule has 27 heavy (non-hydrogen) atoms. The van der Waals surface area contributed by atoms with E-state index in [0.717, 1.165) is 5.33 Å². The van der Waals surface area contributed by atoms with Gasteiger partial charge in [0.25, 0.3) is 0 Å². The summed E-state index contributed by atoms with van der Waals surface area (Å²) in [7, 11) is 2.50. The van der Waals surface area contributed by atoms with Gasteiger partial charge >= 0.3 is 0 Å². The molecule has 2 heteroatoms. The van der Waals surface area contributed by atoms with Crippen LogP contribution < -0.4 is 0 Å². The minimum Gasteiger partial charge on any atom is -0.325 e. The highest BCUT2D eigenvalue weighted by molar-refractivity contribution is 9.09. The molecule has 0 heterocycles. The van der Waals surface area contributed by atoms with Crippen molar-refractivity contribution in [1.82, 2.24) is 0 Å². The molecule has 0 aliphatic carbocycles. The predicted octanol–water partition coefficient (Wildman–Crippen LogP) is 8.89. The molecule has 0 N–H and O–H groups in total. The quantitative estimate of drug-likeness (QED) is 0.0883. The van der Waals surface area contributed by atoms with Crippen LogP contribution in [0.15, 0.2) is 0 Å². The fourth-order valence-corrected chi connectivity index (χ4v) is 5.00. The first kappa shape index (κ1) is 27.4. The zero-order chi connectivity index (χ0) is 20.1. The first-order valence-electron chi connectivity index (χ1n) is 12.6. The van der Waals surface area contributed by atoms with Gasteiger partial charge in [0, 0.05) is 0 Å². The first-order valence-corrected chi connectivity index (χ1v) is 13.7. The lowest BCUT2D eigenvalue weighted by Gasteiger charge is -2.34. The fourth-order valence-electron chi connectivity index (χ4n) is 4.15. The molecule has 0 saturated heterocycles. The van der Waals surface area contributed by atoms with E-state index in [0.29, 0.717) is 0 Å². The van der Waals surface area contributed by atoms with Crippen molar-refractivity contribution in [3.8, 4) is 0 Å². The normalized spacial score (nSPS) is 12.0. The van der Waals surface area contributed by atoms with Crippen LogP contribution in [0, 0.1) is 0 Å². The molecule has 0 rings (SSSR count). The minimum absolute atomic E-state index is 1.15. The molecule has 0 radical (unpaired) electrons. The first-order chi connectivity index (χ1) is 13.2. The molecule has 0 fully saturated rings. The van der Waals surface area contributed by atoms with Crippen LogP contribution in [0.4, 0.5) is 0 Å². The molecule has 0 amide bonds. The summed E-state index contributed by atoms with van der Waals surface area (Å²) in [6.45, 7) is 8.68. The van der Waals surface area contributed by atoms with Crippen molar-refractivity contribution in [2.24, 2.45) is 0 Å². The Hall–Kier alpha value is 0.440. The number of rotatable bonds is 22. The van der Waals surface area contributed by atoms with Gasteiger partial charge in [0.1, 0.15) is 0 Å². The van der Waals surface area contributed by atoms with Crippen LogP contribution in [-0.2, 0) is 0 Å². The number of nitrogens with zero attached hydrogens (tertiary/aromatic N) is 1. The van der Waals surface area contributed by atoms with E-state index in [1.165, 1.54) is 140 Å². The van der Waals surface area contributed by atoms with Gasteiger partial charge in [-0.1, -0.05) is 120 Å². The Labute approximate surface area is 181 Å². The Kier molecular flexibility index (Phi) is 21.5. The summed E-state index contributed by atoms with van der Waals surface area (Å²) in [4.78, 5) is 0. The van der Waals surface area contributed by atoms with Crippen LogP contribution in [0.2, 0.25) is 0 Å². The van der Waals surface area contributed by atoms with Gasteiger partial charge in [0.15, 0.2) is 0 Å². The maximum atomic E-state index is 3.70. The van der Waals surface area contributed by atoms with Gasteiger partial charge in [0.2, 0.25) is 0 Å². The Morgan fingerprint density at radius 2 is 0.741 bits per heavy atom. The molecular weight excluding hydrogens is 394 g/mol. The van der Waals surface area contributed by atoms with Crippen LogP contribution in [0.1, 0.15) is 129 Å². The van der Waals surface area contributed by atoms with Gasteiger partial charge in [-0.3, -0.25) is 0 Å². The third-order valence-corrected chi connectivity index (χ3v) is 6.58. The highest BCUT2D eigenvalue weighted by atomic mass is 79.9. The molecule has 0 spiro atoms. The van der Waals surface area contributed by atoms with Crippen molar-refractivity contribution < 1.29 is 4.48 Å². The molecule has 0 atom stereocenters. The largest absolute Gasteiger partial charge is 0.325 e. The van der Waals surface area contributed by atoms with Crippen molar-refractivity contribution in [1.29, 1.82) is 0 Å². The number of quaternary nitrogens is 1. The maximum absolute atomic E-state index is 3.70. The van der Waals surface area contributed by atoms with Gasteiger partial charge in [-0.05, 0) is 25.7 Å². The predicted molar refractivity (Wildman–Crippen MR) is 129 cm³/mol. The molecule has 0 saturated carbocycles. The van der Waals surface area contributed by atoms with E-state index in [1.807, 2.05) is 0 Å². The van der Waals surface area contributed by atoms with Crippen molar-refractivity contribution in [2.45, 2.75) is 129 Å². The van der Waals surface area contributed by atoms with Crippen LogP contribution in [0.5, 0.6) is 0 Å². The lowest BCUT2D eigenvalue weighted by atomic mass is 10.1. The molecule has 0 bridgehead atoms.